The first-order valence-corrected chi connectivity index (χ1v) is 10.6. The molecule has 0 spiro atoms. The van der Waals surface area contributed by atoms with Gasteiger partial charge in [-0.1, -0.05) is 12.1 Å². The summed E-state index contributed by atoms with van der Waals surface area (Å²) < 4.78 is 43.9. The number of carbonyl (C=O) groups is 1. The summed E-state index contributed by atoms with van der Waals surface area (Å²) in [5.74, 6) is 0.0724. The Labute approximate surface area is 162 Å². The average molecular weight is 413 g/mol. The van der Waals surface area contributed by atoms with E-state index in [0.29, 0.717) is 11.4 Å². The van der Waals surface area contributed by atoms with Crippen LogP contribution in [0.5, 0.6) is 5.75 Å². The second kappa shape index (κ2) is 9.20. The Balaban J connectivity index is 1.92. The highest BCUT2D eigenvalue weighted by atomic mass is 32.2. The molecule has 0 saturated heterocycles. The van der Waals surface area contributed by atoms with E-state index in [9.17, 15) is 17.6 Å². The maximum atomic E-state index is 13.6. The van der Waals surface area contributed by atoms with Crippen molar-refractivity contribution < 1.29 is 22.3 Å². The molecule has 0 heterocycles. The number of hydrogen-bond donors (Lipinski definition) is 1. The third-order valence-corrected chi connectivity index (χ3v) is 6.43. The van der Waals surface area contributed by atoms with Gasteiger partial charge >= 0.3 is 0 Å². The summed E-state index contributed by atoms with van der Waals surface area (Å²) >= 11 is 1.32. The van der Waals surface area contributed by atoms with Crippen molar-refractivity contribution in [3.05, 3.63) is 53.8 Å². The van der Waals surface area contributed by atoms with Gasteiger partial charge in [0.2, 0.25) is 15.9 Å². The van der Waals surface area contributed by atoms with Gasteiger partial charge in [0.25, 0.3) is 0 Å². The molecule has 0 atom stereocenters. The summed E-state index contributed by atoms with van der Waals surface area (Å²) in [6.07, 6.45) is 0. The summed E-state index contributed by atoms with van der Waals surface area (Å²) in [7, 11) is 0.719. The Bertz CT molecular complexity index is 917. The van der Waals surface area contributed by atoms with E-state index in [1.165, 1.54) is 51.2 Å². The average Bonchev–Trinajstić information content (AvgIpc) is 2.62. The van der Waals surface area contributed by atoms with Gasteiger partial charge in [-0.05, 0) is 35.9 Å². The predicted molar refractivity (Wildman–Crippen MR) is 105 cm³/mol. The molecule has 0 radical (unpaired) electrons. The lowest BCUT2D eigenvalue weighted by Gasteiger charge is -2.12. The molecule has 146 valence electrons. The number of benzene rings is 2. The van der Waals surface area contributed by atoms with Crippen molar-refractivity contribution in [2.75, 3.05) is 32.3 Å². The molecule has 0 aliphatic heterocycles. The predicted octanol–water partition coefficient (Wildman–Crippen LogP) is 2.96. The number of sulfonamides is 1. The minimum absolute atomic E-state index is 0.103. The van der Waals surface area contributed by atoms with Gasteiger partial charge in [-0.25, -0.2) is 17.1 Å². The molecule has 0 saturated carbocycles. The number of halogens is 1. The lowest BCUT2D eigenvalue weighted by atomic mass is 10.2. The van der Waals surface area contributed by atoms with E-state index >= 15 is 0 Å². The van der Waals surface area contributed by atoms with Gasteiger partial charge in [0.15, 0.2) is 11.6 Å². The zero-order valence-electron chi connectivity index (χ0n) is 15.2. The van der Waals surface area contributed by atoms with Crippen LogP contribution < -0.4 is 10.1 Å². The van der Waals surface area contributed by atoms with Crippen LogP contribution in [-0.4, -0.2) is 45.6 Å². The molecular weight excluding hydrogens is 391 g/mol. The van der Waals surface area contributed by atoms with Crippen LogP contribution >= 0.6 is 11.8 Å². The third-order valence-electron chi connectivity index (χ3n) is 3.61. The molecule has 2 aromatic carbocycles. The maximum Gasteiger partial charge on any atom is 0.242 e. The Morgan fingerprint density at radius 3 is 2.59 bits per heavy atom. The normalized spacial score (nSPS) is 11.4. The van der Waals surface area contributed by atoms with Crippen molar-refractivity contribution >= 4 is 33.4 Å². The van der Waals surface area contributed by atoms with E-state index in [0.717, 1.165) is 9.87 Å². The first-order chi connectivity index (χ1) is 12.7. The molecule has 2 aromatic rings. The van der Waals surface area contributed by atoms with Crippen molar-refractivity contribution in [3.63, 3.8) is 0 Å². The first-order valence-electron chi connectivity index (χ1n) is 7.96. The van der Waals surface area contributed by atoms with Gasteiger partial charge in [0, 0.05) is 25.5 Å². The van der Waals surface area contributed by atoms with Crippen LogP contribution in [0.15, 0.2) is 47.4 Å². The topological polar surface area (TPSA) is 75.7 Å². The van der Waals surface area contributed by atoms with Crippen LogP contribution in [0.1, 0.15) is 5.56 Å². The number of anilines is 1. The van der Waals surface area contributed by atoms with E-state index in [-0.39, 0.29) is 22.3 Å². The molecular formula is C18H21FN2O4S2. The highest BCUT2D eigenvalue weighted by molar-refractivity contribution is 7.99. The summed E-state index contributed by atoms with van der Waals surface area (Å²) in [5.41, 5.74) is 1.14. The fourth-order valence-corrected chi connectivity index (χ4v) is 3.93. The van der Waals surface area contributed by atoms with Crippen molar-refractivity contribution in [1.29, 1.82) is 0 Å². The van der Waals surface area contributed by atoms with Crippen molar-refractivity contribution in [2.24, 2.45) is 0 Å². The molecule has 2 rings (SSSR count). The standard InChI is InChI=1S/C18H21FN2O4S2/c1-21(2)27(23,24)15-6-4-5-14(10-15)20-18(22)12-26-11-13-7-8-17(25-3)16(19)9-13/h4-10H,11-12H2,1-3H3,(H,20,22). The number of thioether (sulfide) groups is 1. The SMILES string of the molecule is COc1ccc(CSCC(=O)Nc2cccc(S(=O)(=O)N(C)C)c2)cc1F. The van der Waals surface area contributed by atoms with Gasteiger partial charge in [-0.2, -0.15) is 0 Å². The van der Waals surface area contributed by atoms with Gasteiger partial charge in [0.05, 0.1) is 17.8 Å². The van der Waals surface area contributed by atoms with Gasteiger partial charge in [-0.15, -0.1) is 11.8 Å². The Kier molecular flexibility index (Phi) is 7.23. The molecule has 1 N–H and O–H groups in total. The van der Waals surface area contributed by atoms with Crippen LogP contribution in [0.25, 0.3) is 0 Å². The molecule has 0 aliphatic rings. The van der Waals surface area contributed by atoms with Gasteiger partial charge in [-0.3, -0.25) is 4.79 Å². The Morgan fingerprint density at radius 1 is 1.22 bits per heavy atom. The van der Waals surface area contributed by atoms with E-state index in [4.69, 9.17) is 4.74 Å². The minimum Gasteiger partial charge on any atom is -0.494 e. The van der Waals surface area contributed by atoms with Crippen LogP contribution in [0.2, 0.25) is 0 Å². The minimum atomic E-state index is -3.57. The zero-order chi connectivity index (χ0) is 20.0. The highest BCUT2D eigenvalue weighted by Crippen LogP contribution is 2.21. The number of ether oxygens (including phenoxy) is 1. The Hall–Kier alpha value is -2.10. The zero-order valence-corrected chi connectivity index (χ0v) is 16.9. The monoisotopic (exact) mass is 412 g/mol. The highest BCUT2D eigenvalue weighted by Gasteiger charge is 2.17. The van der Waals surface area contributed by atoms with Crippen LogP contribution in [0.3, 0.4) is 0 Å². The number of carbonyl (C=O) groups excluding carboxylic acids is 1. The second-order valence-electron chi connectivity index (χ2n) is 5.83. The molecule has 27 heavy (non-hydrogen) atoms. The summed E-state index contributed by atoms with van der Waals surface area (Å²) in [4.78, 5) is 12.2. The molecule has 0 bridgehead atoms. The van der Waals surface area contributed by atoms with E-state index in [2.05, 4.69) is 5.32 Å². The first kappa shape index (κ1) is 21.2. The maximum absolute atomic E-state index is 13.6. The lowest BCUT2D eigenvalue weighted by molar-refractivity contribution is -0.113. The molecule has 1 amide bonds. The smallest absolute Gasteiger partial charge is 0.242 e. The number of nitrogens with zero attached hydrogens (tertiary/aromatic N) is 1. The number of methoxy groups -OCH3 is 1. The fraction of sp³-hybridized carbons (Fsp3) is 0.278. The third kappa shape index (κ3) is 5.69. The van der Waals surface area contributed by atoms with E-state index < -0.39 is 15.8 Å². The van der Waals surface area contributed by atoms with Gasteiger partial charge in [0.1, 0.15) is 0 Å². The van der Waals surface area contributed by atoms with Crippen LogP contribution in [-0.2, 0) is 20.6 Å². The molecule has 0 fully saturated rings. The Morgan fingerprint density at radius 2 is 1.96 bits per heavy atom. The van der Waals surface area contributed by atoms with Crippen LogP contribution in [0, 0.1) is 5.82 Å². The number of amides is 1. The van der Waals surface area contributed by atoms with Crippen molar-refractivity contribution in [3.8, 4) is 5.75 Å². The largest absolute Gasteiger partial charge is 0.494 e. The second-order valence-corrected chi connectivity index (χ2v) is 8.96. The van der Waals surface area contributed by atoms with Crippen LogP contribution in [0.4, 0.5) is 10.1 Å². The fourth-order valence-electron chi connectivity index (χ4n) is 2.20. The number of hydrogen-bond acceptors (Lipinski definition) is 5. The number of nitrogens with one attached hydrogen (secondary N) is 1. The summed E-state index contributed by atoms with van der Waals surface area (Å²) in [5, 5.41) is 2.67. The number of rotatable bonds is 8. The summed E-state index contributed by atoms with van der Waals surface area (Å²) in [6.45, 7) is 0. The van der Waals surface area contributed by atoms with E-state index in [1.807, 2.05) is 0 Å². The van der Waals surface area contributed by atoms with E-state index in [1.54, 1.807) is 24.3 Å². The quantitative estimate of drug-likeness (QED) is 0.722. The van der Waals surface area contributed by atoms with Crippen molar-refractivity contribution in [1.82, 2.24) is 4.31 Å². The summed E-state index contributed by atoms with van der Waals surface area (Å²) in [6, 6.07) is 10.7. The molecule has 0 unspecified atom stereocenters. The molecule has 6 nitrogen and oxygen atoms in total. The van der Waals surface area contributed by atoms with Gasteiger partial charge < -0.3 is 10.1 Å². The molecule has 0 aromatic heterocycles. The molecule has 0 aliphatic carbocycles. The lowest BCUT2D eigenvalue weighted by Crippen LogP contribution is -2.22. The molecule has 9 heteroatoms. The van der Waals surface area contributed by atoms with Crippen molar-refractivity contribution in [2.45, 2.75) is 10.6 Å².